The molecule has 0 aromatic carbocycles. The number of piperidine rings is 1. The second-order valence-electron chi connectivity index (χ2n) is 5.18. The number of pyridine rings is 1. The molecule has 1 fully saturated rings. The van der Waals surface area contributed by atoms with E-state index in [4.69, 9.17) is 10.5 Å². The molecule has 2 N–H and O–H groups in total. The standard InChI is InChI=1S/C14H21N3O2/c1-9-5-4-6-17(10(9)2)13-12(14(18)19-3)7-11(15)8-16-13/h7-10H,4-6,15H2,1-3H3. The summed E-state index contributed by atoms with van der Waals surface area (Å²) in [7, 11) is 1.37. The van der Waals surface area contributed by atoms with Crippen LogP contribution in [0.25, 0.3) is 0 Å². The lowest BCUT2D eigenvalue weighted by molar-refractivity contribution is 0.0600. The molecule has 5 heteroatoms. The second kappa shape index (κ2) is 5.47. The van der Waals surface area contributed by atoms with Gasteiger partial charge in [0.15, 0.2) is 0 Å². The highest BCUT2D eigenvalue weighted by atomic mass is 16.5. The number of carbonyl (C=O) groups is 1. The van der Waals surface area contributed by atoms with Gasteiger partial charge in [0.2, 0.25) is 0 Å². The molecular formula is C14H21N3O2. The summed E-state index contributed by atoms with van der Waals surface area (Å²) >= 11 is 0. The average Bonchev–Trinajstić information content (AvgIpc) is 2.41. The molecular weight excluding hydrogens is 242 g/mol. The number of nitrogens with two attached hydrogens (primary N) is 1. The van der Waals surface area contributed by atoms with Crippen LogP contribution in [0.2, 0.25) is 0 Å². The molecule has 0 spiro atoms. The van der Waals surface area contributed by atoms with Crippen LogP contribution >= 0.6 is 0 Å². The van der Waals surface area contributed by atoms with E-state index in [0.29, 0.717) is 29.0 Å². The van der Waals surface area contributed by atoms with Crippen LogP contribution in [0.4, 0.5) is 11.5 Å². The maximum atomic E-state index is 11.9. The smallest absolute Gasteiger partial charge is 0.341 e. The van der Waals surface area contributed by atoms with Crippen LogP contribution in [0.5, 0.6) is 0 Å². The predicted octanol–water partition coefficient (Wildman–Crippen LogP) is 2.08. The van der Waals surface area contributed by atoms with E-state index in [1.54, 1.807) is 12.3 Å². The molecule has 2 unspecified atom stereocenters. The Morgan fingerprint density at radius 3 is 2.95 bits per heavy atom. The molecule has 0 radical (unpaired) electrons. The quantitative estimate of drug-likeness (QED) is 0.827. The van der Waals surface area contributed by atoms with E-state index in [-0.39, 0.29) is 5.97 Å². The van der Waals surface area contributed by atoms with Crippen molar-refractivity contribution in [3.05, 3.63) is 17.8 Å². The Labute approximate surface area is 113 Å². The van der Waals surface area contributed by atoms with E-state index in [9.17, 15) is 4.79 Å². The Balaban J connectivity index is 2.40. The first-order valence-corrected chi connectivity index (χ1v) is 6.65. The first-order chi connectivity index (χ1) is 9.04. The average molecular weight is 263 g/mol. The summed E-state index contributed by atoms with van der Waals surface area (Å²) in [6.07, 6.45) is 3.91. The van der Waals surface area contributed by atoms with Crippen LogP contribution in [-0.2, 0) is 4.74 Å². The molecule has 0 amide bonds. The minimum Gasteiger partial charge on any atom is -0.465 e. The number of anilines is 2. The number of nitrogens with zero attached hydrogens (tertiary/aromatic N) is 2. The van der Waals surface area contributed by atoms with Crippen LogP contribution < -0.4 is 10.6 Å². The van der Waals surface area contributed by atoms with Crippen molar-refractivity contribution in [2.75, 3.05) is 24.3 Å². The Bertz CT molecular complexity index is 476. The van der Waals surface area contributed by atoms with Crippen LogP contribution in [-0.4, -0.2) is 30.6 Å². The highest BCUT2D eigenvalue weighted by molar-refractivity contribution is 5.95. The Morgan fingerprint density at radius 2 is 2.26 bits per heavy atom. The van der Waals surface area contributed by atoms with Crippen LogP contribution in [0.3, 0.4) is 0 Å². The van der Waals surface area contributed by atoms with E-state index in [1.807, 2.05) is 0 Å². The summed E-state index contributed by atoms with van der Waals surface area (Å²) in [6, 6.07) is 1.99. The van der Waals surface area contributed by atoms with Gasteiger partial charge in [-0.25, -0.2) is 9.78 Å². The van der Waals surface area contributed by atoms with E-state index >= 15 is 0 Å². The zero-order chi connectivity index (χ0) is 14.0. The highest BCUT2D eigenvalue weighted by Gasteiger charge is 2.29. The van der Waals surface area contributed by atoms with E-state index < -0.39 is 0 Å². The fourth-order valence-corrected chi connectivity index (χ4v) is 2.60. The molecule has 1 saturated heterocycles. The summed E-state index contributed by atoms with van der Waals surface area (Å²) in [5, 5.41) is 0. The third kappa shape index (κ3) is 2.64. The number of hydrogen-bond acceptors (Lipinski definition) is 5. The van der Waals surface area contributed by atoms with Gasteiger partial charge in [0.1, 0.15) is 11.4 Å². The topological polar surface area (TPSA) is 68.5 Å². The lowest BCUT2D eigenvalue weighted by Gasteiger charge is -2.39. The second-order valence-corrected chi connectivity index (χ2v) is 5.18. The maximum absolute atomic E-state index is 11.9. The Kier molecular flexibility index (Phi) is 3.93. The van der Waals surface area contributed by atoms with Crippen molar-refractivity contribution in [3.63, 3.8) is 0 Å². The van der Waals surface area contributed by atoms with Crippen molar-refractivity contribution in [1.29, 1.82) is 0 Å². The van der Waals surface area contributed by atoms with Crippen molar-refractivity contribution in [2.24, 2.45) is 5.92 Å². The molecule has 1 aromatic rings. The van der Waals surface area contributed by atoms with Crippen molar-refractivity contribution in [1.82, 2.24) is 4.98 Å². The SMILES string of the molecule is COC(=O)c1cc(N)cnc1N1CCCC(C)C1C. The van der Waals surface area contributed by atoms with Crippen molar-refractivity contribution in [3.8, 4) is 0 Å². The summed E-state index contributed by atoms with van der Waals surface area (Å²) in [5.41, 5.74) is 6.64. The molecule has 104 valence electrons. The summed E-state index contributed by atoms with van der Waals surface area (Å²) < 4.78 is 4.82. The lowest BCUT2D eigenvalue weighted by Crippen LogP contribution is -2.43. The van der Waals surface area contributed by atoms with E-state index in [1.165, 1.54) is 13.5 Å². The van der Waals surface area contributed by atoms with Gasteiger partial charge in [-0.3, -0.25) is 0 Å². The summed E-state index contributed by atoms with van der Waals surface area (Å²) in [5.74, 6) is 0.874. The molecule has 19 heavy (non-hydrogen) atoms. The molecule has 2 atom stereocenters. The van der Waals surface area contributed by atoms with Crippen LogP contribution in [0.1, 0.15) is 37.0 Å². The summed E-state index contributed by atoms with van der Waals surface area (Å²) in [6.45, 7) is 5.31. The van der Waals surface area contributed by atoms with Gasteiger partial charge in [-0.05, 0) is 31.7 Å². The number of ether oxygens (including phenoxy) is 1. The van der Waals surface area contributed by atoms with Crippen LogP contribution in [0.15, 0.2) is 12.3 Å². The molecule has 2 heterocycles. The zero-order valence-electron chi connectivity index (χ0n) is 11.7. The maximum Gasteiger partial charge on any atom is 0.341 e. The number of esters is 1. The fourth-order valence-electron chi connectivity index (χ4n) is 2.60. The predicted molar refractivity (Wildman–Crippen MR) is 75.2 cm³/mol. The first-order valence-electron chi connectivity index (χ1n) is 6.65. The number of nitrogen functional groups attached to an aromatic ring is 1. The van der Waals surface area contributed by atoms with Gasteiger partial charge in [0.25, 0.3) is 0 Å². The van der Waals surface area contributed by atoms with Gasteiger partial charge in [0.05, 0.1) is 19.0 Å². The van der Waals surface area contributed by atoms with Gasteiger partial charge in [-0.1, -0.05) is 6.92 Å². The molecule has 0 saturated carbocycles. The molecule has 1 aliphatic rings. The molecule has 0 aliphatic carbocycles. The monoisotopic (exact) mass is 263 g/mol. The fraction of sp³-hybridized carbons (Fsp3) is 0.571. The lowest BCUT2D eigenvalue weighted by atomic mass is 9.92. The largest absolute Gasteiger partial charge is 0.465 e. The zero-order valence-corrected chi connectivity index (χ0v) is 11.7. The van der Waals surface area contributed by atoms with E-state index in [2.05, 4.69) is 23.7 Å². The normalized spacial score (nSPS) is 23.2. The number of rotatable bonds is 2. The van der Waals surface area contributed by atoms with Crippen molar-refractivity contribution in [2.45, 2.75) is 32.7 Å². The molecule has 5 nitrogen and oxygen atoms in total. The molecule has 0 bridgehead atoms. The van der Waals surface area contributed by atoms with Gasteiger partial charge in [-0.15, -0.1) is 0 Å². The van der Waals surface area contributed by atoms with Gasteiger partial charge >= 0.3 is 5.97 Å². The van der Waals surface area contributed by atoms with Crippen molar-refractivity contribution >= 4 is 17.5 Å². The van der Waals surface area contributed by atoms with E-state index in [0.717, 1.165) is 13.0 Å². The minimum absolute atomic E-state index is 0.355. The number of carbonyl (C=O) groups excluding carboxylic acids is 1. The number of aromatic nitrogens is 1. The molecule has 1 aromatic heterocycles. The Morgan fingerprint density at radius 1 is 1.53 bits per heavy atom. The third-order valence-electron chi connectivity index (χ3n) is 3.94. The number of methoxy groups -OCH3 is 1. The highest BCUT2D eigenvalue weighted by Crippen LogP contribution is 2.30. The van der Waals surface area contributed by atoms with Gasteiger partial charge < -0.3 is 15.4 Å². The first kappa shape index (κ1) is 13.6. The van der Waals surface area contributed by atoms with Crippen molar-refractivity contribution < 1.29 is 9.53 Å². The number of hydrogen-bond donors (Lipinski definition) is 1. The minimum atomic E-state index is -0.389. The third-order valence-corrected chi connectivity index (χ3v) is 3.94. The molecule has 2 rings (SSSR count). The van der Waals surface area contributed by atoms with Crippen LogP contribution in [0, 0.1) is 5.92 Å². The van der Waals surface area contributed by atoms with Gasteiger partial charge in [-0.2, -0.15) is 0 Å². The van der Waals surface area contributed by atoms with Gasteiger partial charge in [0, 0.05) is 12.6 Å². The molecule has 1 aliphatic heterocycles. The summed E-state index contributed by atoms with van der Waals surface area (Å²) in [4.78, 5) is 18.4. The Hall–Kier alpha value is -1.78.